The number of carbonyl (C=O) groups excluding carboxylic acids is 1. The van der Waals surface area contributed by atoms with Crippen LogP contribution in [0, 0.1) is 5.82 Å². The smallest absolute Gasteiger partial charge is 0.220 e. The number of hydrogen-bond donors (Lipinski definition) is 1. The van der Waals surface area contributed by atoms with E-state index in [0.29, 0.717) is 12.8 Å². The van der Waals surface area contributed by atoms with Gasteiger partial charge in [0, 0.05) is 6.42 Å². The van der Waals surface area contributed by atoms with Crippen LogP contribution in [0.5, 0.6) is 0 Å². The van der Waals surface area contributed by atoms with E-state index in [9.17, 15) is 9.18 Å². The average Bonchev–Trinajstić information content (AvgIpc) is 2.39. The Kier molecular flexibility index (Phi) is 4.78. The zero-order chi connectivity index (χ0) is 16.5. The molecule has 22 heavy (non-hydrogen) atoms. The Balaban J connectivity index is 2.26. The van der Waals surface area contributed by atoms with Crippen LogP contribution in [0.3, 0.4) is 0 Å². The number of carbonyl (C=O) groups is 1. The molecule has 1 aliphatic rings. The molecule has 5 heteroatoms. The molecule has 0 bridgehead atoms. The molecule has 1 aromatic rings. The molecule has 1 aromatic carbocycles. The van der Waals surface area contributed by atoms with Gasteiger partial charge in [0.1, 0.15) is 5.82 Å². The van der Waals surface area contributed by atoms with Gasteiger partial charge in [-0.2, -0.15) is 0 Å². The standard InChI is InChI=1S/C17H26FNO2Si/c1-17(2,3)22(4,5)21-14-9-10-15(20)19-16(14)12-7-6-8-13(18)11-12/h6-8,11,14,16H,9-10H2,1-5H3,(H,19,20)/t14-,16+/m0/s1. The highest BCUT2D eigenvalue weighted by Gasteiger charge is 2.42. The lowest BCUT2D eigenvalue weighted by molar-refractivity contribution is -0.125. The lowest BCUT2D eigenvalue weighted by Crippen LogP contribution is -2.50. The first kappa shape index (κ1) is 17.2. The summed E-state index contributed by atoms with van der Waals surface area (Å²) in [5.74, 6) is -0.284. The van der Waals surface area contributed by atoms with Crippen molar-refractivity contribution in [3.63, 3.8) is 0 Å². The van der Waals surface area contributed by atoms with E-state index in [0.717, 1.165) is 5.56 Å². The van der Waals surface area contributed by atoms with Crippen LogP contribution >= 0.6 is 0 Å². The molecular weight excluding hydrogens is 297 g/mol. The highest BCUT2D eigenvalue weighted by Crippen LogP contribution is 2.40. The maximum Gasteiger partial charge on any atom is 0.220 e. The second-order valence-corrected chi connectivity index (χ2v) is 12.3. The molecule has 1 fully saturated rings. The summed E-state index contributed by atoms with van der Waals surface area (Å²) in [5, 5.41) is 3.07. The van der Waals surface area contributed by atoms with E-state index in [-0.39, 0.29) is 28.9 Å². The second-order valence-electron chi connectivity index (χ2n) is 7.56. The van der Waals surface area contributed by atoms with E-state index in [1.54, 1.807) is 6.07 Å². The van der Waals surface area contributed by atoms with Gasteiger partial charge in [-0.05, 0) is 42.2 Å². The number of nitrogens with one attached hydrogen (secondary N) is 1. The van der Waals surface area contributed by atoms with E-state index in [1.807, 2.05) is 6.07 Å². The second kappa shape index (κ2) is 6.12. The van der Waals surface area contributed by atoms with Gasteiger partial charge in [-0.25, -0.2) is 4.39 Å². The summed E-state index contributed by atoms with van der Waals surface area (Å²) in [6.45, 7) is 11.0. The number of halogens is 1. The minimum Gasteiger partial charge on any atom is -0.411 e. The van der Waals surface area contributed by atoms with Crippen LogP contribution in [-0.2, 0) is 9.22 Å². The third-order valence-electron chi connectivity index (χ3n) is 4.80. The molecule has 1 amide bonds. The van der Waals surface area contributed by atoms with Crippen molar-refractivity contribution in [3.05, 3.63) is 35.6 Å². The fourth-order valence-electron chi connectivity index (χ4n) is 2.46. The summed E-state index contributed by atoms with van der Waals surface area (Å²) < 4.78 is 20.0. The van der Waals surface area contributed by atoms with Crippen LogP contribution in [0.4, 0.5) is 4.39 Å². The van der Waals surface area contributed by atoms with E-state index in [4.69, 9.17) is 4.43 Å². The van der Waals surface area contributed by atoms with Crippen LogP contribution in [0.1, 0.15) is 45.2 Å². The van der Waals surface area contributed by atoms with Crippen molar-refractivity contribution in [1.82, 2.24) is 5.32 Å². The zero-order valence-corrected chi connectivity index (χ0v) is 15.1. The Morgan fingerprint density at radius 3 is 2.59 bits per heavy atom. The Morgan fingerprint density at radius 2 is 2.00 bits per heavy atom. The van der Waals surface area contributed by atoms with Crippen molar-refractivity contribution in [2.45, 2.75) is 63.9 Å². The molecule has 2 atom stereocenters. The van der Waals surface area contributed by atoms with Gasteiger partial charge in [0.25, 0.3) is 0 Å². The molecule has 1 saturated heterocycles. The molecular formula is C17H26FNO2Si. The Morgan fingerprint density at radius 1 is 1.32 bits per heavy atom. The summed E-state index contributed by atoms with van der Waals surface area (Å²) in [6, 6.07) is 6.15. The minimum atomic E-state index is -1.95. The van der Waals surface area contributed by atoms with Crippen molar-refractivity contribution >= 4 is 14.2 Å². The molecule has 2 rings (SSSR count). The van der Waals surface area contributed by atoms with Gasteiger partial charge in [0.05, 0.1) is 12.1 Å². The normalized spacial score (nSPS) is 23.3. The molecule has 122 valence electrons. The Hall–Kier alpha value is -1.20. The molecule has 0 radical (unpaired) electrons. The van der Waals surface area contributed by atoms with Gasteiger partial charge >= 0.3 is 0 Å². The van der Waals surface area contributed by atoms with Gasteiger partial charge in [-0.1, -0.05) is 32.9 Å². The van der Waals surface area contributed by atoms with Crippen LogP contribution in [0.2, 0.25) is 18.1 Å². The zero-order valence-electron chi connectivity index (χ0n) is 14.1. The molecule has 0 saturated carbocycles. The first-order chi connectivity index (χ1) is 10.1. The Labute approximate surface area is 133 Å². The van der Waals surface area contributed by atoms with Crippen LogP contribution in [0.15, 0.2) is 24.3 Å². The molecule has 1 N–H and O–H groups in total. The van der Waals surface area contributed by atoms with Gasteiger partial charge < -0.3 is 9.74 Å². The summed E-state index contributed by atoms with van der Waals surface area (Å²) in [7, 11) is -1.95. The third-order valence-corrected chi connectivity index (χ3v) is 9.31. The molecule has 0 aliphatic carbocycles. The van der Waals surface area contributed by atoms with Crippen molar-refractivity contribution in [2.24, 2.45) is 0 Å². The number of piperidine rings is 1. The SMILES string of the molecule is CC(C)(C)[Si](C)(C)O[C@H]1CCC(=O)N[C@@H]1c1cccc(F)c1. The molecule has 1 heterocycles. The summed E-state index contributed by atoms with van der Waals surface area (Å²) in [4.78, 5) is 11.8. The van der Waals surface area contributed by atoms with Gasteiger partial charge in [0.15, 0.2) is 8.32 Å². The molecule has 0 aromatic heterocycles. The van der Waals surface area contributed by atoms with Crippen molar-refractivity contribution in [2.75, 3.05) is 0 Å². The topological polar surface area (TPSA) is 38.3 Å². The van der Waals surface area contributed by atoms with Crippen molar-refractivity contribution in [1.29, 1.82) is 0 Å². The number of amides is 1. The fourth-order valence-corrected chi connectivity index (χ4v) is 3.82. The Bertz CT molecular complexity index is 554. The van der Waals surface area contributed by atoms with Crippen LogP contribution in [-0.4, -0.2) is 20.3 Å². The highest BCUT2D eigenvalue weighted by atomic mass is 28.4. The van der Waals surface area contributed by atoms with E-state index >= 15 is 0 Å². The van der Waals surface area contributed by atoms with Crippen molar-refractivity contribution < 1.29 is 13.6 Å². The summed E-state index contributed by atoms with van der Waals surface area (Å²) >= 11 is 0. The van der Waals surface area contributed by atoms with E-state index in [1.165, 1.54) is 12.1 Å². The number of rotatable bonds is 3. The average molecular weight is 323 g/mol. The molecule has 0 spiro atoms. The highest BCUT2D eigenvalue weighted by molar-refractivity contribution is 6.74. The van der Waals surface area contributed by atoms with Crippen LogP contribution < -0.4 is 5.32 Å². The lowest BCUT2D eigenvalue weighted by Gasteiger charge is -2.43. The quantitative estimate of drug-likeness (QED) is 0.848. The van der Waals surface area contributed by atoms with Crippen molar-refractivity contribution in [3.8, 4) is 0 Å². The van der Waals surface area contributed by atoms with E-state index < -0.39 is 8.32 Å². The minimum absolute atomic E-state index is 0.00402. The predicted octanol–water partition coefficient (Wildman–Crippen LogP) is 4.17. The maximum absolute atomic E-state index is 13.5. The first-order valence-electron chi connectivity index (χ1n) is 7.83. The maximum atomic E-state index is 13.5. The third kappa shape index (κ3) is 3.76. The monoisotopic (exact) mass is 323 g/mol. The predicted molar refractivity (Wildman–Crippen MR) is 88.6 cm³/mol. The largest absolute Gasteiger partial charge is 0.411 e. The molecule has 3 nitrogen and oxygen atoms in total. The van der Waals surface area contributed by atoms with Gasteiger partial charge in [-0.3, -0.25) is 4.79 Å². The van der Waals surface area contributed by atoms with Gasteiger partial charge in [0.2, 0.25) is 5.91 Å². The molecule has 0 unspecified atom stereocenters. The first-order valence-corrected chi connectivity index (χ1v) is 10.7. The summed E-state index contributed by atoms with van der Waals surface area (Å²) in [6.07, 6.45) is 1.05. The van der Waals surface area contributed by atoms with Crippen LogP contribution in [0.25, 0.3) is 0 Å². The number of benzene rings is 1. The van der Waals surface area contributed by atoms with Gasteiger partial charge in [-0.15, -0.1) is 0 Å². The fraction of sp³-hybridized carbons (Fsp3) is 0.588. The molecule has 1 aliphatic heterocycles. The number of hydrogen-bond acceptors (Lipinski definition) is 2. The van der Waals surface area contributed by atoms with E-state index in [2.05, 4.69) is 39.2 Å². The summed E-state index contributed by atoms with van der Waals surface area (Å²) in [5.41, 5.74) is 0.775. The lowest BCUT2D eigenvalue weighted by atomic mass is 9.94.